The van der Waals surface area contributed by atoms with Crippen LogP contribution < -0.4 is 5.32 Å². The van der Waals surface area contributed by atoms with E-state index in [1.165, 1.54) is 5.56 Å². The molecule has 0 aliphatic carbocycles. The Morgan fingerprint density at radius 1 is 1.33 bits per heavy atom. The summed E-state index contributed by atoms with van der Waals surface area (Å²) in [6.07, 6.45) is 1.84. The quantitative estimate of drug-likeness (QED) is 0.815. The topological polar surface area (TPSA) is 21.3 Å². The molecule has 2 unspecified atom stereocenters. The number of halogens is 1. The lowest BCUT2D eigenvalue weighted by Crippen LogP contribution is -2.51. The molecule has 1 rings (SSSR count). The molecule has 3 heteroatoms. The van der Waals surface area contributed by atoms with E-state index in [1.54, 1.807) is 7.11 Å². The minimum Gasteiger partial charge on any atom is -0.377 e. The zero-order chi connectivity index (χ0) is 13.6. The normalized spacial score (nSPS) is 16.3. The molecule has 0 fully saturated rings. The maximum atomic E-state index is 6.24. The maximum Gasteiger partial charge on any atom is 0.0803 e. The molecule has 1 N–H and O–H groups in total. The molecule has 1 aromatic carbocycles. The monoisotopic (exact) mass is 269 g/mol. The third kappa shape index (κ3) is 3.71. The van der Waals surface area contributed by atoms with Crippen molar-refractivity contribution in [2.75, 3.05) is 13.7 Å². The van der Waals surface area contributed by atoms with Gasteiger partial charge < -0.3 is 10.1 Å². The van der Waals surface area contributed by atoms with Gasteiger partial charge in [0.1, 0.15) is 0 Å². The molecule has 0 amide bonds. The lowest BCUT2D eigenvalue weighted by molar-refractivity contribution is -0.0283. The molecule has 0 saturated carbocycles. The molecule has 1 aromatic rings. The third-order valence-corrected chi connectivity index (χ3v) is 4.11. The molecule has 0 radical (unpaired) electrons. The van der Waals surface area contributed by atoms with Crippen LogP contribution >= 0.6 is 11.6 Å². The SMILES string of the molecule is CCNC(Cc1ccccc1Cl)C(C)(CC)OC. The van der Waals surface area contributed by atoms with Gasteiger partial charge in [0, 0.05) is 18.2 Å². The Kier molecular flexibility index (Phi) is 6.13. The molecule has 0 bridgehead atoms. The Morgan fingerprint density at radius 3 is 2.50 bits per heavy atom. The first kappa shape index (κ1) is 15.5. The van der Waals surface area contributed by atoms with Crippen molar-refractivity contribution >= 4 is 11.6 Å². The molecular formula is C15H24ClNO. The second-order valence-electron chi connectivity index (χ2n) is 4.78. The fourth-order valence-corrected chi connectivity index (χ4v) is 2.38. The zero-order valence-electron chi connectivity index (χ0n) is 11.8. The molecule has 18 heavy (non-hydrogen) atoms. The van der Waals surface area contributed by atoms with Crippen LogP contribution in [0.1, 0.15) is 32.8 Å². The number of likely N-dealkylation sites (N-methyl/N-ethyl adjacent to an activating group) is 1. The molecule has 0 heterocycles. The molecule has 0 saturated heterocycles. The predicted octanol–water partition coefficient (Wildman–Crippen LogP) is 3.68. The number of rotatable bonds is 7. The van der Waals surface area contributed by atoms with Gasteiger partial charge in [-0.25, -0.2) is 0 Å². The largest absolute Gasteiger partial charge is 0.377 e. The van der Waals surface area contributed by atoms with Crippen molar-refractivity contribution in [3.8, 4) is 0 Å². The Labute approximate surface area is 116 Å². The van der Waals surface area contributed by atoms with E-state index in [0.717, 1.165) is 24.4 Å². The number of ether oxygens (including phenoxy) is 1. The van der Waals surface area contributed by atoms with Crippen molar-refractivity contribution < 1.29 is 4.74 Å². The lowest BCUT2D eigenvalue weighted by Gasteiger charge is -2.36. The smallest absolute Gasteiger partial charge is 0.0803 e. The summed E-state index contributed by atoms with van der Waals surface area (Å²) < 4.78 is 5.71. The highest BCUT2D eigenvalue weighted by molar-refractivity contribution is 6.31. The molecule has 0 aliphatic rings. The van der Waals surface area contributed by atoms with Gasteiger partial charge in [-0.3, -0.25) is 0 Å². The standard InChI is InChI=1S/C15H24ClNO/c1-5-15(3,18-4)14(17-6-2)11-12-9-7-8-10-13(12)16/h7-10,14,17H,5-6,11H2,1-4H3. The summed E-state index contributed by atoms with van der Waals surface area (Å²) in [5, 5.41) is 4.35. The van der Waals surface area contributed by atoms with E-state index in [0.29, 0.717) is 0 Å². The summed E-state index contributed by atoms with van der Waals surface area (Å²) in [5.74, 6) is 0. The number of hydrogen-bond acceptors (Lipinski definition) is 2. The van der Waals surface area contributed by atoms with Gasteiger partial charge in [-0.15, -0.1) is 0 Å². The van der Waals surface area contributed by atoms with Crippen LogP contribution in [0.15, 0.2) is 24.3 Å². The van der Waals surface area contributed by atoms with Crippen LogP contribution in [0.4, 0.5) is 0 Å². The first-order valence-corrected chi connectivity index (χ1v) is 6.97. The van der Waals surface area contributed by atoms with Crippen LogP contribution in [0, 0.1) is 0 Å². The van der Waals surface area contributed by atoms with Crippen molar-refractivity contribution in [2.24, 2.45) is 0 Å². The molecule has 0 aromatic heterocycles. The van der Waals surface area contributed by atoms with Crippen molar-refractivity contribution in [1.82, 2.24) is 5.32 Å². The Morgan fingerprint density at radius 2 is 2.00 bits per heavy atom. The average Bonchev–Trinajstić information content (AvgIpc) is 2.39. The van der Waals surface area contributed by atoms with E-state index in [9.17, 15) is 0 Å². The van der Waals surface area contributed by atoms with Gasteiger partial charge >= 0.3 is 0 Å². The summed E-state index contributed by atoms with van der Waals surface area (Å²) in [7, 11) is 1.78. The number of hydrogen-bond donors (Lipinski definition) is 1. The number of methoxy groups -OCH3 is 1. The third-order valence-electron chi connectivity index (χ3n) is 3.74. The maximum absolute atomic E-state index is 6.24. The predicted molar refractivity (Wildman–Crippen MR) is 78.3 cm³/mol. The Hall–Kier alpha value is -0.570. The first-order valence-electron chi connectivity index (χ1n) is 6.59. The van der Waals surface area contributed by atoms with Crippen LogP contribution in [0.2, 0.25) is 5.02 Å². The lowest BCUT2D eigenvalue weighted by atomic mass is 9.88. The second kappa shape index (κ2) is 7.13. The molecule has 2 atom stereocenters. The molecule has 2 nitrogen and oxygen atoms in total. The van der Waals surface area contributed by atoms with Crippen LogP contribution in [0.25, 0.3) is 0 Å². The number of nitrogens with one attached hydrogen (secondary N) is 1. The van der Waals surface area contributed by atoms with Gasteiger partial charge in [0.25, 0.3) is 0 Å². The van der Waals surface area contributed by atoms with Crippen molar-refractivity contribution in [2.45, 2.75) is 45.3 Å². The van der Waals surface area contributed by atoms with Crippen molar-refractivity contribution in [3.05, 3.63) is 34.9 Å². The summed E-state index contributed by atoms with van der Waals surface area (Å²) >= 11 is 6.24. The first-order chi connectivity index (χ1) is 8.57. The van der Waals surface area contributed by atoms with Crippen LogP contribution in [0.5, 0.6) is 0 Å². The summed E-state index contributed by atoms with van der Waals surface area (Å²) in [6.45, 7) is 7.34. The van der Waals surface area contributed by atoms with E-state index in [-0.39, 0.29) is 11.6 Å². The van der Waals surface area contributed by atoms with Gasteiger partial charge in [0.15, 0.2) is 0 Å². The van der Waals surface area contributed by atoms with Gasteiger partial charge in [-0.1, -0.05) is 43.6 Å². The highest BCUT2D eigenvalue weighted by atomic mass is 35.5. The van der Waals surface area contributed by atoms with E-state index < -0.39 is 0 Å². The summed E-state index contributed by atoms with van der Waals surface area (Å²) in [6, 6.07) is 8.27. The van der Waals surface area contributed by atoms with E-state index in [4.69, 9.17) is 16.3 Å². The molecule has 0 spiro atoms. The fourth-order valence-electron chi connectivity index (χ4n) is 2.17. The van der Waals surface area contributed by atoms with Gasteiger partial charge in [0.2, 0.25) is 0 Å². The van der Waals surface area contributed by atoms with Crippen LogP contribution in [0.3, 0.4) is 0 Å². The van der Waals surface area contributed by atoms with Gasteiger partial charge in [-0.2, -0.15) is 0 Å². The highest BCUT2D eigenvalue weighted by Gasteiger charge is 2.32. The van der Waals surface area contributed by atoms with Crippen LogP contribution in [-0.4, -0.2) is 25.3 Å². The van der Waals surface area contributed by atoms with E-state index in [1.807, 2.05) is 18.2 Å². The fraction of sp³-hybridized carbons (Fsp3) is 0.600. The second-order valence-corrected chi connectivity index (χ2v) is 5.18. The molecule has 0 aliphatic heterocycles. The zero-order valence-corrected chi connectivity index (χ0v) is 12.6. The van der Waals surface area contributed by atoms with Gasteiger partial charge in [0.05, 0.1) is 5.60 Å². The number of benzene rings is 1. The minimum atomic E-state index is -0.171. The van der Waals surface area contributed by atoms with Crippen LogP contribution in [-0.2, 0) is 11.2 Å². The summed E-state index contributed by atoms with van der Waals surface area (Å²) in [5.41, 5.74) is 0.997. The van der Waals surface area contributed by atoms with E-state index >= 15 is 0 Å². The van der Waals surface area contributed by atoms with Crippen molar-refractivity contribution in [1.29, 1.82) is 0 Å². The Bertz CT molecular complexity index is 363. The molecule has 102 valence electrons. The Balaban J connectivity index is 2.90. The van der Waals surface area contributed by atoms with Crippen molar-refractivity contribution in [3.63, 3.8) is 0 Å². The minimum absolute atomic E-state index is 0.171. The highest BCUT2D eigenvalue weighted by Crippen LogP contribution is 2.25. The van der Waals surface area contributed by atoms with E-state index in [2.05, 4.69) is 32.2 Å². The average molecular weight is 270 g/mol. The molecular weight excluding hydrogens is 246 g/mol. The summed E-state index contributed by atoms with van der Waals surface area (Å²) in [4.78, 5) is 0. The van der Waals surface area contributed by atoms with Gasteiger partial charge in [-0.05, 0) is 37.9 Å².